The molecule has 1 unspecified atom stereocenters. The monoisotopic (exact) mass is 296 g/mol. The summed E-state index contributed by atoms with van der Waals surface area (Å²) < 4.78 is 0. The average Bonchev–Trinajstić information content (AvgIpc) is 2.23. The molecule has 1 atom stereocenters. The van der Waals surface area contributed by atoms with Crippen LogP contribution in [-0.4, -0.2) is 23.5 Å². The van der Waals surface area contributed by atoms with Crippen LogP contribution in [0.1, 0.15) is 81.1 Å². The van der Waals surface area contributed by atoms with E-state index in [4.69, 9.17) is 0 Å². The van der Waals surface area contributed by atoms with Crippen molar-refractivity contribution in [2.45, 2.75) is 98.7 Å². The molecule has 124 valence electrons. The van der Waals surface area contributed by atoms with Gasteiger partial charge in [0.15, 0.2) is 0 Å². The molecule has 0 bridgehead atoms. The van der Waals surface area contributed by atoms with Gasteiger partial charge in [0.2, 0.25) is 5.91 Å². The van der Waals surface area contributed by atoms with Crippen molar-refractivity contribution in [2.75, 3.05) is 0 Å². The molecule has 0 saturated heterocycles. The summed E-state index contributed by atoms with van der Waals surface area (Å²) in [6.45, 7) is 17.6. The standard InChI is InChI=1S/C18H36N2O/c1-9-18(7,8)20-15(21)13(2)19-14-10-16(3,4)12-17(5,6)11-14/h13-14,19H,9-12H2,1-8H3,(H,20,21). The molecule has 3 nitrogen and oxygen atoms in total. The molecular weight excluding hydrogens is 260 g/mol. The molecule has 2 N–H and O–H groups in total. The van der Waals surface area contributed by atoms with Crippen LogP contribution in [0.2, 0.25) is 0 Å². The van der Waals surface area contributed by atoms with Crippen molar-refractivity contribution in [1.82, 2.24) is 10.6 Å². The zero-order valence-corrected chi connectivity index (χ0v) is 15.4. The lowest BCUT2D eigenvalue weighted by Gasteiger charge is -2.46. The summed E-state index contributed by atoms with van der Waals surface area (Å²) in [5, 5.41) is 6.70. The highest BCUT2D eigenvalue weighted by Crippen LogP contribution is 2.45. The molecular formula is C18H36N2O. The molecule has 0 radical (unpaired) electrons. The third-order valence-corrected chi connectivity index (χ3v) is 4.78. The lowest BCUT2D eigenvalue weighted by molar-refractivity contribution is -0.124. The lowest BCUT2D eigenvalue weighted by Crippen LogP contribution is -2.54. The maximum Gasteiger partial charge on any atom is 0.237 e. The van der Waals surface area contributed by atoms with Gasteiger partial charge in [-0.05, 0) is 57.3 Å². The van der Waals surface area contributed by atoms with Crippen LogP contribution in [0.5, 0.6) is 0 Å². The number of carbonyl (C=O) groups excluding carboxylic acids is 1. The minimum atomic E-state index is -0.134. The summed E-state index contributed by atoms with van der Waals surface area (Å²) in [5.41, 5.74) is 0.564. The topological polar surface area (TPSA) is 41.1 Å². The van der Waals surface area contributed by atoms with E-state index in [2.05, 4.69) is 59.1 Å². The summed E-state index contributed by atoms with van der Waals surface area (Å²) in [7, 11) is 0. The van der Waals surface area contributed by atoms with E-state index in [0.29, 0.717) is 16.9 Å². The molecule has 1 fully saturated rings. The van der Waals surface area contributed by atoms with Crippen molar-refractivity contribution < 1.29 is 4.79 Å². The highest BCUT2D eigenvalue weighted by atomic mass is 16.2. The van der Waals surface area contributed by atoms with Crippen LogP contribution in [-0.2, 0) is 4.79 Å². The normalized spacial score (nSPS) is 23.6. The van der Waals surface area contributed by atoms with Gasteiger partial charge in [0.05, 0.1) is 6.04 Å². The fourth-order valence-corrected chi connectivity index (χ4v) is 3.92. The summed E-state index contributed by atoms with van der Waals surface area (Å²) in [6.07, 6.45) is 4.48. The zero-order chi connectivity index (χ0) is 16.5. The van der Waals surface area contributed by atoms with Crippen LogP contribution in [0.15, 0.2) is 0 Å². The van der Waals surface area contributed by atoms with E-state index in [1.54, 1.807) is 0 Å². The molecule has 1 amide bonds. The smallest absolute Gasteiger partial charge is 0.237 e. The van der Waals surface area contributed by atoms with Crippen LogP contribution in [0.25, 0.3) is 0 Å². The van der Waals surface area contributed by atoms with Crippen LogP contribution >= 0.6 is 0 Å². The second-order valence-corrected chi connectivity index (χ2v) is 9.23. The van der Waals surface area contributed by atoms with E-state index in [9.17, 15) is 4.79 Å². The molecule has 0 spiro atoms. The molecule has 0 aromatic rings. The third-order valence-electron chi connectivity index (χ3n) is 4.78. The number of rotatable bonds is 5. The number of hydrogen-bond donors (Lipinski definition) is 2. The van der Waals surface area contributed by atoms with Crippen LogP contribution in [0.3, 0.4) is 0 Å². The molecule has 0 heterocycles. The van der Waals surface area contributed by atoms with Crippen molar-refractivity contribution in [3.8, 4) is 0 Å². The molecule has 0 aliphatic heterocycles. The van der Waals surface area contributed by atoms with E-state index < -0.39 is 0 Å². The summed E-state index contributed by atoms with van der Waals surface area (Å²) in [6, 6.07) is 0.291. The van der Waals surface area contributed by atoms with Crippen molar-refractivity contribution in [1.29, 1.82) is 0 Å². The first-order valence-corrected chi connectivity index (χ1v) is 8.44. The summed E-state index contributed by atoms with van der Waals surface area (Å²) >= 11 is 0. The van der Waals surface area contributed by atoms with E-state index in [-0.39, 0.29) is 17.5 Å². The highest BCUT2D eigenvalue weighted by molar-refractivity contribution is 5.82. The van der Waals surface area contributed by atoms with Crippen molar-refractivity contribution in [2.24, 2.45) is 10.8 Å². The Morgan fingerprint density at radius 1 is 1.19 bits per heavy atom. The molecule has 1 aliphatic carbocycles. The highest BCUT2D eigenvalue weighted by Gasteiger charge is 2.39. The zero-order valence-electron chi connectivity index (χ0n) is 15.4. The Kier molecular flexibility index (Phi) is 5.52. The van der Waals surface area contributed by atoms with Gasteiger partial charge in [0.25, 0.3) is 0 Å². The second kappa shape index (κ2) is 6.28. The van der Waals surface area contributed by atoms with Gasteiger partial charge in [-0.3, -0.25) is 4.79 Å². The Morgan fingerprint density at radius 3 is 2.10 bits per heavy atom. The Labute approximate surface area is 131 Å². The maximum atomic E-state index is 12.3. The van der Waals surface area contributed by atoms with Crippen molar-refractivity contribution in [3.63, 3.8) is 0 Å². The maximum absolute atomic E-state index is 12.3. The van der Waals surface area contributed by atoms with Gasteiger partial charge in [0, 0.05) is 11.6 Å². The SMILES string of the molecule is CCC(C)(C)NC(=O)C(C)NC1CC(C)(C)CC(C)(C)C1. The lowest BCUT2D eigenvalue weighted by atomic mass is 9.63. The van der Waals surface area contributed by atoms with Gasteiger partial charge in [-0.1, -0.05) is 34.6 Å². The fourth-order valence-electron chi connectivity index (χ4n) is 3.92. The van der Waals surface area contributed by atoms with Crippen LogP contribution in [0.4, 0.5) is 0 Å². The first-order valence-electron chi connectivity index (χ1n) is 8.44. The number of hydrogen-bond acceptors (Lipinski definition) is 2. The van der Waals surface area contributed by atoms with Crippen molar-refractivity contribution >= 4 is 5.91 Å². The molecule has 1 saturated carbocycles. The van der Waals surface area contributed by atoms with Gasteiger partial charge in [-0.2, -0.15) is 0 Å². The van der Waals surface area contributed by atoms with Gasteiger partial charge in [-0.15, -0.1) is 0 Å². The Hall–Kier alpha value is -0.570. The Morgan fingerprint density at radius 2 is 1.67 bits per heavy atom. The third kappa shape index (κ3) is 5.98. The van der Waals surface area contributed by atoms with Gasteiger partial charge in [-0.25, -0.2) is 0 Å². The average molecular weight is 296 g/mol. The molecule has 21 heavy (non-hydrogen) atoms. The van der Waals surface area contributed by atoms with Crippen LogP contribution < -0.4 is 10.6 Å². The molecule has 1 rings (SSSR count). The second-order valence-electron chi connectivity index (χ2n) is 9.23. The Balaban J connectivity index is 2.61. The van der Waals surface area contributed by atoms with E-state index >= 15 is 0 Å². The summed E-state index contributed by atoms with van der Waals surface area (Å²) in [4.78, 5) is 12.3. The number of nitrogens with one attached hydrogen (secondary N) is 2. The van der Waals surface area contributed by atoms with Gasteiger partial charge < -0.3 is 10.6 Å². The quantitative estimate of drug-likeness (QED) is 0.808. The molecule has 0 aromatic heterocycles. The minimum absolute atomic E-state index is 0.114. The molecule has 0 aromatic carbocycles. The summed E-state index contributed by atoms with van der Waals surface area (Å²) in [5.74, 6) is 0.114. The number of amides is 1. The first-order chi connectivity index (χ1) is 9.36. The predicted octanol–water partition coefficient (Wildman–Crippen LogP) is 3.87. The first kappa shape index (κ1) is 18.5. The van der Waals surface area contributed by atoms with Gasteiger partial charge in [0.1, 0.15) is 0 Å². The van der Waals surface area contributed by atoms with E-state index in [1.807, 2.05) is 6.92 Å². The van der Waals surface area contributed by atoms with E-state index in [1.165, 1.54) is 6.42 Å². The van der Waals surface area contributed by atoms with E-state index in [0.717, 1.165) is 19.3 Å². The molecule has 1 aliphatic rings. The van der Waals surface area contributed by atoms with Gasteiger partial charge >= 0.3 is 0 Å². The van der Waals surface area contributed by atoms with Crippen molar-refractivity contribution in [3.05, 3.63) is 0 Å². The molecule has 3 heteroatoms. The van der Waals surface area contributed by atoms with Crippen LogP contribution in [0, 0.1) is 10.8 Å². The minimum Gasteiger partial charge on any atom is -0.350 e. The Bertz CT molecular complexity index is 355. The largest absolute Gasteiger partial charge is 0.350 e. The predicted molar refractivity (Wildman–Crippen MR) is 90.3 cm³/mol. The fraction of sp³-hybridized carbons (Fsp3) is 0.944. The number of carbonyl (C=O) groups is 1.